The highest BCUT2D eigenvalue weighted by atomic mass is 14.4. The predicted octanol–water partition coefficient (Wildman–Crippen LogP) is 1.87. The van der Waals surface area contributed by atoms with Crippen molar-refractivity contribution >= 4 is 0 Å². The van der Waals surface area contributed by atoms with Crippen molar-refractivity contribution < 1.29 is 0 Å². The molecule has 0 aliphatic carbocycles. The third-order valence-electron chi connectivity index (χ3n) is 1.33. The van der Waals surface area contributed by atoms with Gasteiger partial charge in [-0.3, -0.25) is 0 Å². The fourth-order valence-electron chi connectivity index (χ4n) is 0. The zero-order valence-corrected chi connectivity index (χ0v) is 6.73. The molecule has 0 aromatic carbocycles. The number of rotatable bonds is 1. The molecule has 0 fully saturated rings. The maximum absolute atomic E-state index is 4.50. The Morgan fingerprint density at radius 2 is 0.875 bits per heavy atom. The van der Waals surface area contributed by atoms with Gasteiger partial charge in [-0.25, -0.2) is 0 Å². The molecule has 0 amide bonds. The Bertz CT molecular complexity index is 25.4. The molecule has 0 unspecified atom stereocenters. The van der Waals surface area contributed by atoms with E-state index in [1.807, 2.05) is 0 Å². The summed E-state index contributed by atoms with van der Waals surface area (Å²) in [4.78, 5) is 0. The molecule has 0 atom stereocenters. The first-order valence-electron chi connectivity index (χ1n) is 3.22. The standard InChI is InChI=1S/C6H14.CH5N/c1-5(2)6(3)4;1-2/h5-6H,1-4H3;2H2,1H3. The Labute approximate surface area is 53.3 Å². The molecule has 2 N–H and O–H groups in total. The molecule has 0 spiro atoms. The van der Waals surface area contributed by atoms with Crippen LogP contribution < -0.4 is 5.73 Å². The highest BCUT2D eigenvalue weighted by molar-refractivity contribution is 4.46. The van der Waals surface area contributed by atoms with Crippen molar-refractivity contribution in [1.29, 1.82) is 0 Å². The lowest BCUT2D eigenvalue weighted by molar-refractivity contribution is 0.457. The van der Waals surface area contributed by atoms with E-state index in [1.165, 1.54) is 7.05 Å². The average Bonchev–Trinajstić information content (AvgIpc) is 1.72. The van der Waals surface area contributed by atoms with Gasteiger partial charge in [0.15, 0.2) is 0 Å². The Morgan fingerprint density at radius 1 is 0.750 bits per heavy atom. The van der Waals surface area contributed by atoms with Gasteiger partial charge in [0.1, 0.15) is 0 Å². The number of hydrogen-bond donors (Lipinski definition) is 1. The molecule has 52 valence electrons. The fourth-order valence-corrected chi connectivity index (χ4v) is 0. The van der Waals surface area contributed by atoms with Crippen LogP contribution in [-0.2, 0) is 0 Å². The zero-order valence-electron chi connectivity index (χ0n) is 6.73. The van der Waals surface area contributed by atoms with Crippen molar-refractivity contribution in [2.45, 2.75) is 27.7 Å². The summed E-state index contributed by atoms with van der Waals surface area (Å²) in [6.07, 6.45) is 0. The maximum atomic E-state index is 4.50. The second-order valence-corrected chi connectivity index (χ2v) is 2.49. The lowest BCUT2D eigenvalue weighted by Crippen LogP contribution is -1.95. The fraction of sp³-hybridized carbons (Fsp3) is 1.00. The van der Waals surface area contributed by atoms with E-state index >= 15 is 0 Å². The predicted molar refractivity (Wildman–Crippen MR) is 39.8 cm³/mol. The summed E-state index contributed by atoms with van der Waals surface area (Å²) in [5.74, 6) is 1.70. The van der Waals surface area contributed by atoms with Crippen molar-refractivity contribution in [3.63, 3.8) is 0 Å². The molecule has 0 bridgehead atoms. The summed E-state index contributed by atoms with van der Waals surface area (Å²) in [7, 11) is 1.50. The summed E-state index contributed by atoms with van der Waals surface area (Å²) in [6, 6.07) is 0. The normalized spacial score (nSPS) is 9.00. The second-order valence-electron chi connectivity index (χ2n) is 2.49. The van der Waals surface area contributed by atoms with Gasteiger partial charge in [0.25, 0.3) is 0 Å². The molecule has 0 saturated carbocycles. The van der Waals surface area contributed by atoms with E-state index in [9.17, 15) is 0 Å². The van der Waals surface area contributed by atoms with Gasteiger partial charge >= 0.3 is 0 Å². The summed E-state index contributed by atoms with van der Waals surface area (Å²) in [5.41, 5.74) is 4.50. The SMILES string of the molecule is CC(C)C(C)C.CN. The van der Waals surface area contributed by atoms with Crippen LogP contribution in [0.15, 0.2) is 0 Å². The van der Waals surface area contributed by atoms with Crippen LogP contribution in [-0.4, -0.2) is 7.05 Å². The van der Waals surface area contributed by atoms with Gasteiger partial charge in [0.2, 0.25) is 0 Å². The summed E-state index contributed by atoms with van der Waals surface area (Å²) in [5, 5.41) is 0. The van der Waals surface area contributed by atoms with Crippen molar-refractivity contribution in [1.82, 2.24) is 0 Å². The molecule has 0 aliphatic rings. The van der Waals surface area contributed by atoms with E-state index in [4.69, 9.17) is 0 Å². The van der Waals surface area contributed by atoms with Crippen LogP contribution in [0.25, 0.3) is 0 Å². The van der Waals surface area contributed by atoms with Gasteiger partial charge in [-0.1, -0.05) is 27.7 Å². The molecule has 1 nitrogen and oxygen atoms in total. The van der Waals surface area contributed by atoms with E-state index in [-0.39, 0.29) is 0 Å². The Hall–Kier alpha value is -0.0400. The summed E-state index contributed by atoms with van der Waals surface area (Å²) in [6.45, 7) is 8.96. The Kier molecular flexibility index (Phi) is 9.44. The lowest BCUT2D eigenvalue weighted by Gasteiger charge is -2.05. The third kappa shape index (κ3) is 9.35. The molecule has 0 saturated heterocycles. The van der Waals surface area contributed by atoms with Crippen LogP contribution in [0.3, 0.4) is 0 Å². The summed E-state index contributed by atoms with van der Waals surface area (Å²) >= 11 is 0. The Morgan fingerprint density at radius 3 is 0.875 bits per heavy atom. The molecular formula is C7H19N. The number of hydrogen-bond acceptors (Lipinski definition) is 1. The second kappa shape index (κ2) is 6.96. The smallest absolute Gasteiger partial charge is 0.0195 e. The molecule has 0 heterocycles. The van der Waals surface area contributed by atoms with Gasteiger partial charge in [0.05, 0.1) is 0 Å². The van der Waals surface area contributed by atoms with Crippen LogP contribution in [0.1, 0.15) is 27.7 Å². The van der Waals surface area contributed by atoms with Crippen LogP contribution in [0.2, 0.25) is 0 Å². The number of nitrogens with two attached hydrogens (primary N) is 1. The minimum atomic E-state index is 0.852. The monoisotopic (exact) mass is 117 g/mol. The first-order chi connectivity index (χ1) is 3.64. The first-order valence-corrected chi connectivity index (χ1v) is 3.22. The Balaban J connectivity index is 0. The van der Waals surface area contributed by atoms with Crippen molar-refractivity contribution in [2.75, 3.05) is 7.05 Å². The van der Waals surface area contributed by atoms with Gasteiger partial charge in [-0.2, -0.15) is 0 Å². The molecule has 0 radical (unpaired) electrons. The zero-order chi connectivity index (χ0) is 7.15. The minimum absolute atomic E-state index is 0.852. The highest BCUT2D eigenvalue weighted by Gasteiger charge is 1.95. The first kappa shape index (κ1) is 10.9. The molecule has 8 heavy (non-hydrogen) atoms. The highest BCUT2D eigenvalue weighted by Crippen LogP contribution is 2.05. The van der Waals surface area contributed by atoms with Gasteiger partial charge in [-0.15, -0.1) is 0 Å². The average molecular weight is 117 g/mol. The third-order valence-corrected chi connectivity index (χ3v) is 1.33. The maximum Gasteiger partial charge on any atom is -0.0195 e. The quantitative estimate of drug-likeness (QED) is 0.557. The van der Waals surface area contributed by atoms with E-state index in [2.05, 4.69) is 33.4 Å². The van der Waals surface area contributed by atoms with E-state index < -0.39 is 0 Å². The van der Waals surface area contributed by atoms with Crippen LogP contribution in [0.4, 0.5) is 0 Å². The van der Waals surface area contributed by atoms with E-state index in [0.717, 1.165) is 11.8 Å². The van der Waals surface area contributed by atoms with Crippen LogP contribution in [0.5, 0.6) is 0 Å². The van der Waals surface area contributed by atoms with E-state index in [1.54, 1.807) is 0 Å². The molecular weight excluding hydrogens is 98.1 g/mol. The van der Waals surface area contributed by atoms with Crippen molar-refractivity contribution in [3.05, 3.63) is 0 Å². The van der Waals surface area contributed by atoms with Crippen LogP contribution >= 0.6 is 0 Å². The summed E-state index contributed by atoms with van der Waals surface area (Å²) < 4.78 is 0. The molecule has 1 heteroatoms. The molecule has 0 aliphatic heterocycles. The van der Waals surface area contributed by atoms with Gasteiger partial charge in [0, 0.05) is 0 Å². The lowest BCUT2D eigenvalue weighted by atomic mass is 10.0. The van der Waals surface area contributed by atoms with Gasteiger partial charge in [-0.05, 0) is 18.9 Å². The van der Waals surface area contributed by atoms with Gasteiger partial charge < -0.3 is 5.73 Å². The minimum Gasteiger partial charge on any atom is -0.333 e. The van der Waals surface area contributed by atoms with E-state index in [0.29, 0.717) is 0 Å². The largest absolute Gasteiger partial charge is 0.333 e. The molecule has 0 rings (SSSR count). The molecule has 0 aromatic rings. The molecule has 0 aromatic heterocycles. The topological polar surface area (TPSA) is 26.0 Å². The van der Waals surface area contributed by atoms with Crippen LogP contribution in [0, 0.1) is 11.8 Å². The van der Waals surface area contributed by atoms with Crippen molar-refractivity contribution in [2.24, 2.45) is 17.6 Å². The van der Waals surface area contributed by atoms with Crippen molar-refractivity contribution in [3.8, 4) is 0 Å².